The second kappa shape index (κ2) is 6.36. The fourth-order valence-corrected chi connectivity index (χ4v) is 1.82. The minimum absolute atomic E-state index is 0.221. The lowest BCUT2D eigenvalue weighted by Gasteiger charge is -2.31. The molecule has 1 atom stereocenters. The van der Waals surface area contributed by atoms with Crippen molar-refractivity contribution in [3.63, 3.8) is 0 Å². The first-order valence-electron chi connectivity index (χ1n) is 6.27. The Morgan fingerprint density at radius 1 is 1.37 bits per heavy atom. The largest absolute Gasteiger partial charge is 0.478 e. The van der Waals surface area contributed by atoms with Crippen molar-refractivity contribution in [1.29, 1.82) is 0 Å². The monoisotopic (exact) mass is 265 g/mol. The number of rotatable bonds is 5. The summed E-state index contributed by atoms with van der Waals surface area (Å²) in [4.78, 5) is 12.6. The van der Waals surface area contributed by atoms with Crippen LogP contribution in [0.4, 0.5) is 10.1 Å². The summed E-state index contributed by atoms with van der Waals surface area (Å²) in [5.74, 6) is -1.10. The van der Waals surface area contributed by atoms with Crippen molar-refractivity contribution in [2.75, 3.05) is 11.9 Å². The van der Waals surface area contributed by atoms with Crippen LogP contribution in [0, 0.1) is 11.7 Å². The molecule has 0 radical (unpaired) electrons. The van der Waals surface area contributed by atoms with E-state index in [-0.39, 0.29) is 6.04 Å². The first-order valence-corrected chi connectivity index (χ1v) is 6.27. The van der Waals surface area contributed by atoms with Gasteiger partial charge in [0.25, 0.3) is 0 Å². The highest BCUT2D eigenvalue weighted by Gasteiger charge is 2.17. The minimum atomic E-state index is -1.09. The Labute approximate surface area is 113 Å². The van der Waals surface area contributed by atoms with Gasteiger partial charge >= 0.3 is 5.97 Å². The van der Waals surface area contributed by atoms with Gasteiger partial charge in [0.15, 0.2) is 0 Å². The normalized spacial score (nSPS) is 12.9. The summed E-state index contributed by atoms with van der Waals surface area (Å²) < 4.78 is 13.9. The maximum Gasteiger partial charge on any atom is 0.328 e. The average Bonchev–Trinajstić information content (AvgIpc) is 2.34. The Morgan fingerprint density at radius 2 is 2.00 bits per heavy atom. The van der Waals surface area contributed by atoms with Gasteiger partial charge in [-0.15, -0.1) is 0 Å². The molecule has 1 N–H and O–H groups in total. The standard InChI is InChI=1S/C15H20FNO2/c1-10(2)11(3)17(4)14-7-5-6-13(16)12(14)8-9-15(18)19/h5-11H,1-4H3,(H,18,19)/b9-8+. The molecule has 1 rings (SSSR count). The molecular weight excluding hydrogens is 245 g/mol. The molecule has 0 aliphatic heterocycles. The summed E-state index contributed by atoms with van der Waals surface area (Å²) in [5.41, 5.74) is 0.999. The number of carboxylic acid groups (broad SMARTS) is 1. The van der Waals surface area contributed by atoms with E-state index < -0.39 is 11.8 Å². The van der Waals surface area contributed by atoms with E-state index in [0.717, 1.165) is 6.08 Å². The van der Waals surface area contributed by atoms with Crippen LogP contribution < -0.4 is 4.90 Å². The van der Waals surface area contributed by atoms with Gasteiger partial charge in [-0.05, 0) is 31.1 Å². The number of carbonyl (C=O) groups is 1. The molecule has 0 fully saturated rings. The summed E-state index contributed by atoms with van der Waals surface area (Å²) in [5, 5.41) is 8.67. The zero-order chi connectivity index (χ0) is 14.6. The second-order valence-electron chi connectivity index (χ2n) is 4.94. The number of hydrogen-bond donors (Lipinski definition) is 1. The van der Waals surface area contributed by atoms with Crippen molar-refractivity contribution in [3.8, 4) is 0 Å². The summed E-state index contributed by atoms with van der Waals surface area (Å²) in [6.07, 6.45) is 2.26. The zero-order valence-corrected chi connectivity index (χ0v) is 11.7. The lowest BCUT2D eigenvalue weighted by molar-refractivity contribution is -0.131. The van der Waals surface area contributed by atoms with Crippen molar-refractivity contribution < 1.29 is 14.3 Å². The number of aliphatic carboxylic acids is 1. The van der Waals surface area contributed by atoms with Gasteiger partial charge in [-0.1, -0.05) is 19.9 Å². The van der Waals surface area contributed by atoms with Crippen LogP contribution in [0.25, 0.3) is 6.08 Å². The van der Waals surface area contributed by atoms with Crippen molar-refractivity contribution in [2.24, 2.45) is 5.92 Å². The molecular formula is C15H20FNO2. The SMILES string of the molecule is CC(C)C(C)N(C)c1cccc(F)c1/C=C/C(=O)O. The highest BCUT2D eigenvalue weighted by atomic mass is 19.1. The van der Waals surface area contributed by atoms with E-state index >= 15 is 0 Å². The van der Waals surface area contributed by atoms with Gasteiger partial charge in [0.1, 0.15) is 5.82 Å². The number of halogens is 1. The third-order valence-corrected chi connectivity index (χ3v) is 3.38. The Morgan fingerprint density at radius 3 is 2.53 bits per heavy atom. The van der Waals surface area contributed by atoms with Crippen LogP contribution in [0.3, 0.4) is 0 Å². The van der Waals surface area contributed by atoms with Crippen LogP contribution in [0.2, 0.25) is 0 Å². The molecule has 0 aromatic heterocycles. The number of carboxylic acids is 1. The van der Waals surface area contributed by atoms with Crippen LogP contribution in [-0.2, 0) is 4.79 Å². The molecule has 0 saturated carbocycles. The molecule has 0 amide bonds. The third kappa shape index (κ3) is 3.81. The van der Waals surface area contributed by atoms with E-state index in [2.05, 4.69) is 20.8 Å². The van der Waals surface area contributed by atoms with Gasteiger partial charge in [-0.25, -0.2) is 9.18 Å². The summed E-state index contributed by atoms with van der Waals surface area (Å²) in [7, 11) is 1.89. The molecule has 0 saturated heterocycles. The fourth-order valence-electron chi connectivity index (χ4n) is 1.82. The first kappa shape index (κ1) is 15.2. The molecule has 19 heavy (non-hydrogen) atoms. The number of nitrogens with zero attached hydrogens (tertiary/aromatic N) is 1. The van der Waals surface area contributed by atoms with Gasteiger partial charge in [0, 0.05) is 30.4 Å². The Bertz CT molecular complexity index is 483. The summed E-state index contributed by atoms with van der Waals surface area (Å²) in [6.45, 7) is 6.24. The smallest absolute Gasteiger partial charge is 0.328 e. The maximum atomic E-state index is 13.9. The van der Waals surface area contributed by atoms with Gasteiger partial charge < -0.3 is 10.0 Å². The number of hydrogen-bond acceptors (Lipinski definition) is 2. The number of anilines is 1. The van der Waals surface area contributed by atoms with Gasteiger partial charge in [-0.2, -0.15) is 0 Å². The summed E-state index contributed by atoms with van der Waals surface area (Å²) >= 11 is 0. The average molecular weight is 265 g/mol. The predicted octanol–water partition coefficient (Wildman–Crippen LogP) is 3.40. The van der Waals surface area contributed by atoms with Crippen molar-refractivity contribution in [3.05, 3.63) is 35.7 Å². The minimum Gasteiger partial charge on any atom is -0.478 e. The van der Waals surface area contributed by atoms with E-state index in [4.69, 9.17) is 5.11 Å². The van der Waals surface area contributed by atoms with E-state index in [1.165, 1.54) is 12.1 Å². The van der Waals surface area contributed by atoms with Crippen LogP contribution in [0.5, 0.6) is 0 Å². The predicted molar refractivity (Wildman–Crippen MR) is 75.8 cm³/mol. The van der Waals surface area contributed by atoms with E-state index in [9.17, 15) is 9.18 Å². The van der Waals surface area contributed by atoms with E-state index in [1.54, 1.807) is 12.1 Å². The highest BCUT2D eigenvalue weighted by molar-refractivity contribution is 5.87. The highest BCUT2D eigenvalue weighted by Crippen LogP contribution is 2.27. The molecule has 104 valence electrons. The van der Waals surface area contributed by atoms with Crippen LogP contribution in [0.1, 0.15) is 26.3 Å². The molecule has 0 aliphatic rings. The lowest BCUT2D eigenvalue weighted by Crippen LogP contribution is -2.33. The fraction of sp³-hybridized carbons (Fsp3) is 0.400. The van der Waals surface area contributed by atoms with Gasteiger partial charge in [0.05, 0.1) is 0 Å². The molecule has 0 aliphatic carbocycles. The van der Waals surface area contributed by atoms with E-state index in [0.29, 0.717) is 17.2 Å². The van der Waals surface area contributed by atoms with Gasteiger partial charge in [-0.3, -0.25) is 0 Å². The molecule has 1 aromatic rings. The lowest BCUT2D eigenvalue weighted by atomic mass is 10.0. The molecule has 0 bridgehead atoms. The second-order valence-corrected chi connectivity index (χ2v) is 4.94. The van der Waals surface area contributed by atoms with Gasteiger partial charge in [0.2, 0.25) is 0 Å². The summed E-state index contributed by atoms with van der Waals surface area (Å²) in [6, 6.07) is 4.98. The molecule has 0 spiro atoms. The molecule has 3 nitrogen and oxygen atoms in total. The molecule has 0 heterocycles. The molecule has 4 heteroatoms. The van der Waals surface area contributed by atoms with Crippen molar-refractivity contribution >= 4 is 17.7 Å². The number of benzene rings is 1. The van der Waals surface area contributed by atoms with Crippen molar-refractivity contribution in [1.82, 2.24) is 0 Å². The van der Waals surface area contributed by atoms with Crippen LogP contribution >= 0.6 is 0 Å². The Kier molecular flexibility index (Phi) is 5.10. The molecule has 1 unspecified atom stereocenters. The zero-order valence-electron chi connectivity index (χ0n) is 11.7. The Hall–Kier alpha value is -1.84. The maximum absolute atomic E-state index is 13.9. The molecule has 1 aromatic carbocycles. The quantitative estimate of drug-likeness (QED) is 0.829. The first-order chi connectivity index (χ1) is 8.84. The van der Waals surface area contributed by atoms with Crippen LogP contribution in [0.15, 0.2) is 24.3 Å². The third-order valence-electron chi connectivity index (χ3n) is 3.38. The van der Waals surface area contributed by atoms with Crippen LogP contribution in [-0.4, -0.2) is 24.2 Å². The van der Waals surface area contributed by atoms with Crippen molar-refractivity contribution in [2.45, 2.75) is 26.8 Å². The topological polar surface area (TPSA) is 40.5 Å². The Balaban J connectivity index is 3.20. The van der Waals surface area contributed by atoms with E-state index in [1.807, 2.05) is 11.9 Å².